The molecule has 0 aromatic rings. The summed E-state index contributed by atoms with van der Waals surface area (Å²) in [5.74, 6) is -2.72. The largest absolute Gasteiger partial charge is 0.481 e. The summed E-state index contributed by atoms with van der Waals surface area (Å²) >= 11 is 0. The molecule has 0 radical (unpaired) electrons. The van der Waals surface area contributed by atoms with Crippen LogP contribution in [0.2, 0.25) is 0 Å². The van der Waals surface area contributed by atoms with Crippen LogP contribution in [0, 0.1) is 11.3 Å². The number of amides is 1. The number of carboxylic acids is 2. The molecule has 3 N–H and O–H groups in total. The number of carboxylic acid groups (broad SMARTS) is 2. The number of rotatable bonds is 6. The van der Waals surface area contributed by atoms with Crippen LogP contribution in [0.3, 0.4) is 0 Å². The van der Waals surface area contributed by atoms with Gasteiger partial charge in [-0.15, -0.1) is 0 Å². The van der Waals surface area contributed by atoms with Crippen LogP contribution in [0.15, 0.2) is 0 Å². The van der Waals surface area contributed by atoms with Gasteiger partial charge < -0.3 is 15.5 Å². The zero-order chi connectivity index (χ0) is 13.2. The molecule has 0 bridgehead atoms. The monoisotopic (exact) mass is 243 g/mol. The Kier molecular flexibility index (Phi) is 3.75. The second-order valence-electron chi connectivity index (χ2n) is 5.08. The lowest BCUT2D eigenvalue weighted by Crippen LogP contribution is -2.42. The second kappa shape index (κ2) is 4.73. The highest BCUT2D eigenvalue weighted by Gasteiger charge is 2.51. The van der Waals surface area contributed by atoms with Gasteiger partial charge in [-0.2, -0.15) is 0 Å². The average molecular weight is 243 g/mol. The van der Waals surface area contributed by atoms with Gasteiger partial charge in [-0.25, -0.2) is 4.79 Å². The van der Waals surface area contributed by atoms with Crippen LogP contribution in [0.25, 0.3) is 0 Å². The first-order valence-electron chi connectivity index (χ1n) is 5.49. The van der Waals surface area contributed by atoms with Crippen molar-refractivity contribution in [2.45, 2.75) is 39.2 Å². The van der Waals surface area contributed by atoms with Crippen molar-refractivity contribution in [3.63, 3.8) is 0 Å². The topological polar surface area (TPSA) is 104 Å². The van der Waals surface area contributed by atoms with E-state index in [1.54, 1.807) is 0 Å². The van der Waals surface area contributed by atoms with Crippen molar-refractivity contribution in [3.05, 3.63) is 0 Å². The molecular weight excluding hydrogens is 226 g/mol. The lowest BCUT2D eigenvalue weighted by molar-refractivity contribution is -0.143. The van der Waals surface area contributed by atoms with Crippen molar-refractivity contribution < 1.29 is 24.6 Å². The quantitative estimate of drug-likeness (QED) is 0.629. The molecule has 1 fully saturated rings. The van der Waals surface area contributed by atoms with E-state index in [2.05, 4.69) is 5.32 Å². The number of nitrogens with one attached hydrogen (secondary N) is 1. The normalized spacial score (nSPS) is 22.6. The maximum absolute atomic E-state index is 11.7. The van der Waals surface area contributed by atoms with Crippen molar-refractivity contribution in [2.24, 2.45) is 11.3 Å². The zero-order valence-electron chi connectivity index (χ0n) is 9.90. The van der Waals surface area contributed by atoms with Crippen LogP contribution in [-0.2, 0) is 14.4 Å². The molecule has 96 valence electrons. The molecule has 2 atom stereocenters. The molecule has 0 spiro atoms. The van der Waals surface area contributed by atoms with Crippen LogP contribution in [0.1, 0.15) is 33.1 Å². The van der Waals surface area contributed by atoms with Crippen molar-refractivity contribution in [3.8, 4) is 0 Å². The fourth-order valence-corrected chi connectivity index (χ4v) is 1.71. The maximum Gasteiger partial charge on any atom is 0.326 e. The van der Waals surface area contributed by atoms with Gasteiger partial charge in [0.2, 0.25) is 5.91 Å². The molecule has 17 heavy (non-hydrogen) atoms. The molecule has 1 aliphatic rings. The van der Waals surface area contributed by atoms with Gasteiger partial charge in [-0.1, -0.05) is 13.8 Å². The van der Waals surface area contributed by atoms with Gasteiger partial charge in [0, 0.05) is 12.3 Å². The van der Waals surface area contributed by atoms with E-state index in [-0.39, 0.29) is 30.1 Å². The van der Waals surface area contributed by atoms with E-state index in [9.17, 15) is 14.4 Å². The number of carbonyl (C=O) groups excluding carboxylic acids is 1. The highest BCUT2D eigenvalue weighted by Crippen LogP contribution is 2.51. The molecule has 1 aliphatic carbocycles. The van der Waals surface area contributed by atoms with Crippen molar-refractivity contribution >= 4 is 17.8 Å². The smallest absolute Gasteiger partial charge is 0.326 e. The Morgan fingerprint density at radius 2 is 1.88 bits per heavy atom. The van der Waals surface area contributed by atoms with E-state index in [1.165, 1.54) is 0 Å². The summed E-state index contributed by atoms with van der Waals surface area (Å²) in [6.45, 7) is 3.87. The summed E-state index contributed by atoms with van der Waals surface area (Å²) in [5, 5.41) is 19.7. The van der Waals surface area contributed by atoms with Crippen LogP contribution < -0.4 is 5.32 Å². The highest BCUT2D eigenvalue weighted by atomic mass is 16.4. The van der Waals surface area contributed by atoms with E-state index in [4.69, 9.17) is 10.2 Å². The third kappa shape index (κ3) is 3.72. The Morgan fingerprint density at radius 3 is 2.24 bits per heavy atom. The van der Waals surface area contributed by atoms with Crippen LogP contribution in [-0.4, -0.2) is 34.1 Å². The molecule has 1 amide bonds. The van der Waals surface area contributed by atoms with Crippen LogP contribution in [0.4, 0.5) is 0 Å². The summed E-state index contributed by atoms with van der Waals surface area (Å²) in [6.07, 6.45) is 0.374. The van der Waals surface area contributed by atoms with Gasteiger partial charge in [0.1, 0.15) is 6.04 Å². The fraction of sp³-hybridized carbons (Fsp3) is 0.727. The Bertz CT molecular complexity index is 350. The van der Waals surface area contributed by atoms with E-state index in [1.807, 2.05) is 13.8 Å². The van der Waals surface area contributed by atoms with Gasteiger partial charge in [-0.3, -0.25) is 9.59 Å². The first-order chi connectivity index (χ1) is 7.74. The SMILES string of the molecule is CC1(C)CC1C(=O)NC(CCC(=O)O)C(=O)O. The fourth-order valence-electron chi connectivity index (χ4n) is 1.71. The Labute approximate surface area is 99.0 Å². The Hall–Kier alpha value is -1.59. The van der Waals surface area contributed by atoms with Gasteiger partial charge >= 0.3 is 11.9 Å². The molecule has 0 heterocycles. The van der Waals surface area contributed by atoms with E-state index < -0.39 is 18.0 Å². The third-order valence-corrected chi connectivity index (χ3v) is 3.09. The average Bonchev–Trinajstić information content (AvgIpc) is 2.81. The predicted octanol–water partition coefficient (Wildman–Crippen LogP) is 0.467. The second-order valence-corrected chi connectivity index (χ2v) is 5.08. The van der Waals surface area contributed by atoms with Gasteiger partial charge in [0.25, 0.3) is 0 Å². The minimum Gasteiger partial charge on any atom is -0.481 e. The van der Waals surface area contributed by atoms with Crippen molar-refractivity contribution in [1.82, 2.24) is 5.32 Å². The minimum atomic E-state index is -1.20. The number of hydrogen-bond acceptors (Lipinski definition) is 3. The van der Waals surface area contributed by atoms with Gasteiger partial charge in [0.05, 0.1) is 0 Å². The third-order valence-electron chi connectivity index (χ3n) is 3.09. The zero-order valence-corrected chi connectivity index (χ0v) is 9.90. The number of carbonyl (C=O) groups is 3. The lowest BCUT2D eigenvalue weighted by atomic mass is 10.1. The van der Waals surface area contributed by atoms with E-state index in [0.717, 1.165) is 6.42 Å². The molecule has 1 saturated carbocycles. The molecule has 6 nitrogen and oxygen atoms in total. The first-order valence-corrected chi connectivity index (χ1v) is 5.49. The number of hydrogen-bond donors (Lipinski definition) is 3. The van der Waals surface area contributed by atoms with Crippen LogP contribution >= 0.6 is 0 Å². The molecule has 6 heteroatoms. The molecular formula is C11H17NO5. The predicted molar refractivity (Wildman–Crippen MR) is 58.3 cm³/mol. The molecule has 0 saturated heterocycles. The standard InChI is InChI=1S/C11H17NO5/c1-11(2)5-6(11)9(15)12-7(10(16)17)3-4-8(13)14/h6-7H,3-5H2,1-2H3,(H,12,15)(H,13,14)(H,16,17). The summed E-state index contributed by atoms with van der Waals surface area (Å²) in [5.41, 5.74) is -0.0695. The van der Waals surface area contributed by atoms with Gasteiger partial charge in [-0.05, 0) is 18.3 Å². The van der Waals surface area contributed by atoms with Gasteiger partial charge in [0.15, 0.2) is 0 Å². The molecule has 1 rings (SSSR count). The van der Waals surface area contributed by atoms with Crippen molar-refractivity contribution in [2.75, 3.05) is 0 Å². The maximum atomic E-state index is 11.7. The van der Waals surface area contributed by atoms with Crippen molar-refractivity contribution in [1.29, 1.82) is 0 Å². The summed E-state index contributed by atoms with van der Waals surface area (Å²) in [4.78, 5) is 32.9. The highest BCUT2D eigenvalue weighted by molar-refractivity contribution is 5.87. The molecule has 0 aliphatic heterocycles. The Balaban J connectivity index is 2.47. The summed E-state index contributed by atoms with van der Waals surface area (Å²) in [6, 6.07) is -1.12. The molecule has 0 aromatic carbocycles. The van der Waals surface area contributed by atoms with E-state index >= 15 is 0 Å². The Morgan fingerprint density at radius 1 is 1.35 bits per heavy atom. The lowest BCUT2D eigenvalue weighted by Gasteiger charge is -2.14. The molecule has 0 aromatic heterocycles. The first kappa shape index (κ1) is 13.5. The van der Waals surface area contributed by atoms with E-state index in [0.29, 0.717) is 0 Å². The summed E-state index contributed by atoms with van der Waals surface area (Å²) < 4.78 is 0. The number of aliphatic carboxylic acids is 2. The summed E-state index contributed by atoms with van der Waals surface area (Å²) in [7, 11) is 0. The minimum absolute atomic E-state index is 0.0695. The van der Waals surface area contributed by atoms with Crippen LogP contribution in [0.5, 0.6) is 0 Å². The molecule has 2 unspecified atom stereocenters.